The second-order valence-corrected chi connectivity index (χ2v) is 24.5. The number of phenolic OH excluding ortho intramolecular Hbond substituents is 2. The van der Waals surface area contributed by atoms with Crippen molar-refractivity contribution >= 4 is 54.4 Å². The highest BCUT2D eigenvalue weighted by Gasteiger charge is 2.30. The third-order valence-electron chi connectivity index (χ3n) is 15.9. The van der Waals surface area contributed by atoms with E-state index in [1.54, 1.807) is 24.3 Å². The summed E-state index contributed by atoms with van der Waals surface area (Å²) in [6.45, 7) is 18.7. The fraction of sp³-hybridized carbons (Fsp3) is 0.364. The van der Waals surface area contributed by atoms with Crippen LogP contribution in [-0.4, -0.2) is 83.1 Å². The Labute approximate surface area is 461 Å². The highest BCUT2D eigenvalue weighted by Crippen LogP contribution is 2.45. The average Bonchev–Trinajstić information content (AvgIpc) is 4.23. The number of thiophene rings is 2. The molecule has 9 nitrogen and oxygen atoms in total. The Morgan fingerprint density at radius 1 is 0.519 bits per heavy atom. The number of aryl methyl sites for hydroxylation is 6. The summed E-state index contributed by atoms with van der Waals surface area (Å²) in [7, 11) is 0. The van der Waals surface area contributed by atoms with Crippen LogP contribution in [0.5, 0.6) is 34.5 Å². The van der Waals surface area contributed by atoms with Crippen molar-refractivity contribution in [2.75, 3.05) is 39.3 Å². The zero-order valence-electron chi connectivity index (χ0n) is 45.2. The molecular weight excluding hydrogens is 997 g/mol. The third kappa shape index (κ3) is 12.1. The third-order valence-corrected chi connectivity index (χ3v) is 18.2. The second kappa shape index (κ2) is 22.5. The summed E-state index contributed by atoms with van der Waals surface area (Å²) in [4.78, 5) is 34.2. The Kier molecular flexibility index (Phi) is 15.3. The van der Waals surface area contributed by atoms with Gasteiger partial charge in [0.25, 0.3) is 0 Å². The monoisotopic (exact) mass is 1070 g/mol. The first-order chi connectivity index (χ1) is 37.2. The quantitative estimate of drug-likeness (QED) is 0.0862. The fourth-order valence-electron chi connectivity index (χ4n) is 11.7. The van der Waals surface area contributed by atoms with Crippen LogP contribution in [0.1, 0.15) is 115 Å². The van der Waals surface area contributed by atoms with Gasteiger partial charge in [0.15, 0.2) is 5.75 Å². The van der Waals surface area contributed by atoms with Crippen molar-refractivity contribution in [3.8, 4) is 45.6 Å². The van der Waals surface area contributed by atoms with Crippen molar-refractivity contribution in [2.45, 2.75) is 105 Å². The number of hydrogen-bond acceptors (Lipinski definition) is 11. The van der Waals surface area contributed by atoms with Crippen LogP contribution in [0, 0.1) is 53.4 Å². The predicted molar refractivity (Wildman–Crippen MR) is 313 cm³/mol. The van der Waals surface area contributed by atoms with Crippen LogP contribution in [-0.2, 0) is 0 Å². The van der Waals surface area contributed by atoms with Gasteiger partial charge in [-0.2, -0.15) is 0 Å². The van der Waals surface area contributed by atoms with E-state index in [1.165, 1.54) is 74.3 Å². The smallest absolute Gasteiger partial charge is 0.207 e. The summed E-state index contributed by atoms with van der Waals surface area (Å²) in [5, 5.41) is 22.0. The molecule has 0 amide bonds. The first-order valence-corrected chi connectivity index (χ1v) is 29.3. The number of hydrogen-bond donors (Lipinski definition) is 2. The molecular formula is C66H70N2O7S2. The molecule has 2 aromatic heterocycles. The largest absolute Gasteiger partial charge is 0.508 e. The Balaban J connectivity index is 0.000000164. The zero-order valence-corrected chi connectivity index (χ0v) is 46.9. The molecule has 1 unspecified atom stereocenters. The topological polar surface area (TPSA) is 109 Å². The molecule has 11 heteroatoms. The molecule has 0 radical (unpaired) electrons. The van der Waals surface area contributed by atoms with Crippen LogP contribution in [0.2, 0.25) is 0 Å². The van der Waals surface area contributed by atoms with E-state index in [2.05, 4.69) is 41.0 Å². The van der Waals surface area contributed by atoms with Crippen LogP contribution in [0.3, 0.4) is 0 Å². The molecule has 4 aliphatic rings. The van der Waals surface area contributed by atoms with Gasteiger partial charge in [-0.25, -0.2) is 0 Å². The van der Waals surface area contributed by atoms with Gasteiger partial charge in [-0.05, 0) is 193 Å². The first-order valence-electron chi connectivity index (χ1n) is 27.6. The van der Waals surface area contributed by atoms with Crippen LogP contribution in [0.4, 0.5) is 0 Å². The molecule has 2 aliphatic heterocycles. The lowest BCUT2D eigenvalue weighted by atomic mass is 9.92. The van der Waals surface area contributed by atoms with Gasteiger partial charge in [-0.3, -0.25) is 19.4 Å². The molecule has 0 spiro atoms. The van der Waals surface area contributed by atoms with Crippen molar-refractivity contribution in [1.82, 2.24) is 9.80 Å². The zero-order chi connectivity index (χ0) is 53.5. The Morgan fingerprint density at radius 3 is 1.44 bits per heavy atom. The number of likely N-dealkylation sites (tertiary alicyclic amines) is 2. The Morgan fingerprint density at radius 2 is 0.948 bits per heavy atom. The Hall–Kier alpha value is -6.50. The maximum Gasteiger partial charge on any atom is 0.207 e. The molecule has 398 valence electrons. The highest BCUT2D eigenvalue weighted by atomic mass is 32.1. The van der Waals surface area contributed by atoms with Crippen molar-refractivity contribution in [3.05, 3.63) is 163 Å². The van der Waals surface area contributed by atoms with E-state index >= 15 is 0 Å². The minimum Gasteiger partial charge on any atom is -0.508 e. The number of phenols is 2. The maximum atomic E-state index is 14.0. The minimum atomic E-state index is -0.0619. The molecule has 8 aromatic rings. The van der Waals surface area contributed by atoms with Crippen LogP contribution < -0.4 is 14.2 Å². The predicted octanol–water partition coefficient (Wildman–Crippen LogP) is 15.5. The van der Waals surface area contributed by atoms with E-state index in [1.807, 2.05) is 95.3 Å². The van der Waals surface area contributed by atoms with Crippen LogP contribution in [0.25, 0.3) is 31.3 Å². The van der Waals surface area contributed by atoms with Gasteiger partial charge in [-0.1, -0.05) is 73.2 Å². The van der Waals surface area contributed by atoms with Gasteiger partial charge >= 0.3 is 0 Å². The minimum absolute atomic E-state index is 0.0354. The summed E-state index contributed by atoms with van der Waals surface area (Å²) < 4.78 is 20.7. The number of ether oxygens (including phenoxy) is 3. The van der Waals surface area contributed by atoms with E-state index in [0.29, 0.717) is 26.8 Å². The molecule has 6 aromatic carbocycles. The van der Waals surface area contributed by atoms with Gasteiger partial charge < -0.3 is 24.4 Å². The molecule has 4 heterocycles. The van der Waals surface area contributed by atoms with Gasteiger partial charge in [0, 0.05) is 63.0 Å². The number of nitrogens with zero attached hydrogens (tertiary/aromatic N) is 2. The fourth-order valence-corrected chi connectivity index (χ4v) is 14.0. The van der Waals surface area contributed by atoms with Gasteiger partial charge in [0.1, 0.15) is 45.8 Å². The van der Waals surface area contributed by atoms with Gasteiger partial charge in [0.05, 0.1) is 4.88 Å². The maximum absolute atomic E-state index is 14.0. The van der Waals surface area contributed by atoms with Crippen molar-refractivity contribution in [2.24, 2.45) is 11.8 Å². The molecule has 2 atom stereocenters. The average molecular weight is 1070 g/mol. The lowest BCUT2D eigenvalue weighted by Gasteiger charge is -2.17. The van der Waals surface area contributed by atoms with Crippen molar-refractivity contribution in [3.63, 3.8) is 0 Å². The summed E-state index contributed by atoms with van der Waals surface area (Å²) in [6, 6.07) is 34.6. The molecule has 0 bridgehead atoms. The molecule has 2 aliphatic carbocycles. The molecule has 2 N–H and O–H groups in total. The number of carbonyl (C=O) groups is 2. The number of ketones is 2. The van der Waals surface area contributed by atoms with E-state index < -0.39 is 0 Å². The molecule has 12 rings (SSSR count). The lowest BCUT2D eigenvalue weighted by molar-refractivity contribution is 0.103. The number of carbonyl (C=O) groups excluding carboxylic acids is 2. The van der Waals surface area contributed by atoms with Crippen LogP contribution >= 0.6 is 22.7 Å². The molecule has 2 saturated heterocycles. The normalized spacial score (nSPS) is 17.7. The van der Waals surface area contributed by atoms with E-state index in [9.17, 15) is 19.8 Å². The number of fused-ring (bicyclic) bond motifs is 2. The van der Waals surface area contributed by atoms with Crippen molar-refractivity contribution < 1.29 is 34.0 Å². The number of benzene rings is 6. The number of aromatic hydroxyl groups is 2. The summed E-state index contributed by atoms with van der Waals surface area (Å²) in [6.07, 6.45) is 10.9. The van der Waals surface area contributed by atoms with E-state index in [4.69, 9.17) is 14.2 Å². The molecule has 77 heavy (non-hydrogen) atoms. The standard InChI is InChI=1S/C33H35NO4S.C33H35NO3S/c1-20-16-21(2)30(22(3)17-20)31(36)33-32(28-11-6-24(35)18-29(28)39-33)38-26-9-7-25(8-10-26)37-27-13-15-34(19-27)14-12-23-4-5-23;1-20-16-21(2)30(22(3)17-20)32(36)33-31(28-11-8-25(35)18-29(28)38-33)24-6-9-26(10-7-24)37-27-13-15-34(19-27)14-12-23-4-5-23/h6-11,16-18,23,27,35H,4-5,12-15,19H2,1-3H3;6-11,16-18,23,27,35H,4-5,12-15,19H2,1-3H3/t;27-/m.0/s1. The van der Waals surface area contributed by atoms with Crippen molar-refractivity contribution in [1.29, 1.82) is 0 Å². The number of rotatable bonds is 17. The van der Waals surface area contributed by atoms with Gasteiger partial charge in [-0.15, -0.1) is 22.7 Å². The van der Waals surface area contributed by atoms with Gasteiger partial charge in [0.2, 0.25) is 11.6 Å². The second-order valence-electron chi connectivity index (χ2n) is 22.4. The Bertz CT molecular complexity index is 3430. The summed E-state index contributed by atoms with van der Waals surface area (Å²) >= 11 is 2.80. The molecule has 2 saturated carbocycles. The lowest BCUT2D eigenvalue weighted by Crippen LogP contribution is -2.26. The SMILES string of the molecule is Cc1cc(C)c(C(=O)c2sc3cc(O)ccc3c2-c2ccc(O[C@H]3CCN(CCC4CC4)C3)cc2)c(C)c1.Cc1cc(C)c(C(=O)c2sc3cc(O)ccc3c2Oc2ccc(OC3CCN(CCC4CC4)C3)cc2)c(C)c1. The van der Waals surface area contributed by atoms with E-state index in [-0.39, 0.29) is 35.3 Å². The van der Waals surface area contributed by atoms with E-state index in [0.717, 1.165) is 133 Å². The first kappa shape index (κ1) is 52.5. The van der Waals surface area contributed by atoms with Crippen LogP contribution in [0.15, 0.2) is 109 Å². The highest BCUT2D eigenvalue weighted by molar-refractivity contribution is 7.22. The molecule has 4 fully saturated rings. The summed E-state index contributed by atoms with van der Waals surface area (Å²) in [5.41, 5.74) is 9.53. The summed E-state index contributed by atoms with van der Waals surface area (Å²) in [5.74, 6) is 5.14.